The molecule has 2 N–H and O–H groups in total. The highest BCUT2D eigenvalue weighted by Gasteiger charge is 2.24. The van der Waals surface area contributed by atoms with Gasteiger partial charge in [-0.25, -0.2) is 0 Å². The van der Waals surface area contributed by atoms with Gasteiger partial charge in [-0.2, -0.15) is 0 Å². The van der Waals surface area contributed by atoms with E-state index in [2.05, 4.69) is 5.32 Å². The number of nitrogens with zero attached hydrogens (tertiary/aromatic N) is 1. The zero-order valence-electron chi connectivity index (χ0n) is 11.3. The highest BCUT2D eigenvalue weighted by atomic mass is 16.3. The Morgan fingerprint density at radius 3 is 2.47 bits per heavy atom. The molecule has 0 radical (unpaired) electrons. The lowest BCUT2D eigenvalue weighted by Gasteiger charge is -2.30. The lowest BCUT2D eigenvalue weighted by atomic mass is 9.94. The van der Waals surface area contributed by atoms with Crippen LogP contribution in [-0.4, -0.2) is 47.7 Å². The van der Waals surface area contributed by atoms with Gasteiger partial charge in [0.1, 0.15) is 0 Å². The summed E-state index contributed by atoms with van der Waals surface area (Å²) in [6, 6.07) is 0. The van der Waals surface area contributed by atoms with E-state index in [-0.39, 0.29) is 5.91 Å². The number of carbonyl (C=O) groups is 1. The van der Waals surface area contributed by atoms with E-state index in [1.807, 2.05) is 6.92 Å². The molecule has 17 heavy (non-hydrogen) atoms. The summed E-state index contributed by atoms with van der Waals surface area (Å²) >= 11 is 0. The van der Waals surface area contributed by atoms with Gasteiger partial charge in [-0.05, 0) is 52.6 Å². The number of piperidine rings is 1. The summed E-state index contributed by atoms with van der Waals surface area (Å²) in [7, 11) is 0. The van der Waals surface area contributed by atoms with E-state index in [4.69, 9.17) is 0 Å². The summed E-state index contributed by atoms with van der Waals surface area (Å²) in [5, 5.41) is 13.1. The van der Waals surface area contributed by atoms with Crippen LogP contribution in [0.15, 0.2) is 0 Å². The summed E-state index contributed by atoms with van der Waals surface area (Å²) in [6.07, 6.45) is 2.81. The molecule has 100 valence electrons. The van der Waals surface area contributed by atoms with Crippen molar-refractivity contribution in [2.24, 2.45) is 5.92 Å². The van der Waals surface area contributed by atoms with Crippen molar-refractivity contribution in [2.75, 3.05) is 26.2 Å². The molecule has 4 heteroatoms. The predicted octanol–water partition coefficient (Wildman–Crippen LogP) is 0.995. The van der Waals surface area contributed by atoms with Crippen LogP contribution < -0.4 is 5.32 Å². The number of rotatable bonds is 5. The van der Waals surface area contributed by atoms with E-state index in [0.717, 1.165) is 25.9 Å². The topological polar surface area (TPSA) is 52.6 Å². The fraction of sp³-hybridized carbons (Fsp3) is 0.923. The second-order valence-corrected chi connectivity index (χ2v) is 5.62. The van der Waals surface area contributed by atoms with Crippen LogP contribution in [0.2, 0.25) is 0 Å². The molecule has 1 aliphatic heterocycles. The van der Waals surface area contributed by atoms with Gasteiger partial charge < -0.3 is 15.3 Å². The molecule has 1 rings (SSSR count). The first-order valence-electron chi connectivity index (χ1n) is 6.63. The van der Waals surface area contributed by atoms with Crippen LogP contribution in [0.3, 0.4) is 0 Å². The summed E-state index contributed by atoms with van der Waals surface area (Å²) in [5.74, 6) is 0.695. The van der Waals surface area contributed by atoms with Gasteiger partial charge in [-0.1, -0.05) is 0 Å². The molecule has 1 aliphatic rings. The Hall–Kier alpha value is -0.610. The molecule has 0 aromatic heterocycles. The third kappa shape index (κ3) is 5.50. The van der Waals surface area contributed by atoms with E-state index in [1.54, 1.807) is 18.7 Å². The van der Waals surface area contributed by atoms with E-state index in [9.17, 15) is 9.90 Å². The van der Waals surface area contributed by atoms with Crippen LogP contribution in [0.5, 0.6) is 0 Å². The van der Waals surface area contributed by atoms with Crippen LogP contribution in [0.25, 0.3) is 0 Å². The van der Waals surface area contributed by atoms with Crippen LogP contribution in [0.1, 0.15) is 40.0 Å². The van der Waals surface area contributed by atoms with Crippen molar-refractivity contribution >= 4 is 5.91 Å². The van der Waals surface area contributed by atoms with E-state index in [1.165, 1.54) is 0 Å². The van der Waals surface area contributed by atoms with Gasteiger partial charge in [-0.3, -0.25) is 4.79 Å². The maximum atomic E-state index is 12.1. The molecule has 1 heterocycles. The molecule has 4 nitrogen and oxygen atoms in total. The average Bonchev–Trinajstić information content (AvgIpc) is 2.26. The molecule has 1 fully saturated rings. The Balaban J connectivity index is 2.42. The van der Waals surface area contributed by atoms with Crippen molar-refractivity contribution in [3.05, 3.63) is 0 Å². The predicted molar refractivity (Wildman–Crippen MR) is 68.8 cm³/mol. The molecule has 0 atom stereocenters. The Morgan fingerprint density at radius 1 is 1.41 bits per heavy atom. The van der Waals surface area contributed by atoms with Crippen LogP contribution in [-0.2, 0) is 4.79 Å². The van der Waals surface area contributed by atoms with Gasteiger partial charge in [0.05, 0.1) is 5.60 Å². The van der Waals surface area contributed by atoms with Gasteiger partial charge in [0.15, 0.2) is 0 Å². The minimum absolute atomic E-state index is 0.182. The largest absolute Gasteiger partial charge is 0.389 e. The zero-order valence-corrected chi connectivity index (χ0v) is 11.3. The highest BCUT2D eigenvalue weighted by Crippen LogP contribution is 2.18. The maximum Gasteiger partial charge on any atom is 0.222 e. The molecule has 0 bridgehead atoms. The first kappa shape index (κ1) is 14.5. The van der Waals surface area contributed by atoms with Gasteiger partial charge in [-0.15, -0.1) is 0 Å². The molecule has 1 saturated heterocycles. The molecule has 0 saturated carbocycles. The minimum atomic E-state index is -0.806. The Bertz CT molecular complexity index is 242. The van der Waals surface area contributed by atoms with Gasteiger partial charge in [0.25, 0.3) is 0 Å². The van der Waals surface area contributed by atoms with Crippen molar-refractivity contribution in [1.82, 2.24) is 10.2 Å². The van der Waals surface area contributed by atoms with Crippen molar-refractivity contribution in [3.63, 3.8) is 0 Å². The van der Waals surface area contributed by atoms with Gasteiger partial charge in [0, 0.05) is 19.5 Å². The monoisotopic (exact) mass is 242 g/mol. The fourth-order valence-corrected chi connectivity index (χ4v) is 2.31. The first-order valence-corrected chi connectivity index (χ1v) is 6.63. The number of likely N-dealkylation sites (N-methyl/N-ethyl adjacent to an activating group) is 1. The standard InChI is InChI=1S/C13H26N2O2/c1-4-15(10-13(2,3)17)12(16)9-11-5-7-14-8-6-11/h11,14,17H,4-10H2,1-3H3. The number of hydrogen-bond acceptors (Lipinski definition) is 3. The molecule has 0 aromatic rings. The number of carbonyl (C=O) groups excluding carboxylic acids is 1. The molecule has 0 aromatic carbocycles. The Morgan fingerprint density at radius 2 is 2.00 bits per heavy atom. The highest BCUT2D eigenvalue weighted by molar-refractivity contribution is 5.76. The van der Waals surface area contributed by atoms with Crippen molar-refractivity contribution < 1.29 is 9.90 Å². The summed E-state index contributed by atoms with van der Waals surface area (Å²) in [5.41, 5.74) is -0.806. The third-order valence-electron chi connectivity index (χ3n) is 3.23. The number of nitrogens with one attached hydrogen (secondary N) is 1. The number of amides is 1. The second kappa shape index (κ2) is 6.36. The zero-order chi connectivity index (χ0) is 12.9. The van der Waals surface area contributed by atoms with Crippen molar-refractivity contribution in [2.45, 2.75) is 45.6 Å². The van der Waals surface area contributed by atoms with E-state index in [0.29, 0.717) is 25.4 Å². The van der Waals surface area contributed by atoms with Crippen LogP contribution >= 0.6 is 0 Å². The summed E-state index contributed by atoms with van der Waals surface area (Å²) < 4.78 is 0. The normalized spacial score (nSPS) is 18.1. The van der Waals surface area contributed by atoms with Crippen LogP contribution in [0, 0.1) is 5.92 Å². The molecular formula is C13H26N2O2. The smallest absolute Gasteiger partial charge is 0.222 e. The summed E-state index contributed by atoms with van der Waals surface area (Å²) in [6.45, 7) is 8.60. The average molecular weight is 242 g/mol. The quantitative estimate of drug-likeness (QED) is 0.756. The Kier molecular flexibility index (Phi) is 5.40. The van der Waals surface area contributed by atoms with E-state index < -0.39 is 5.60 Å². The van der Waals surface area contributed by atoms with Gasteiger partial charge >= 0.3 is 0 Å². The third-order valence-corrected chi connectivity index (χ3v) is 3.23. The van der Waals surface area contributed by atoms with Gasteiger partial charge in [0.2, 0.25) is 5.91 Å². The maximum absolute atomic E-state index is 12.1. The molecular weight excluding hydrogens is 216 g/mol. The lowest BCUT2D eigenvalue weighted by molar-refractivity contribution is -0.135. The first-order chi connectivity index (χ1) is 7.92. The number of hydrogen-bond donors (Lipinski definition) is 2. The molecule has 1 amide bonds. The lowest BCUT2D eigenvalue weighted by Crippen LogP contribution is -2.43. The second-order valence-electron chi connectivity index (χ2n) is 5.62. The number of aliphatic hydroxyl groups is 1. The van der Waals surface area contributed by atoms with E-state index >= 15 is 0 Å². The molecule has 0 unspecified atom stereocenters. The van der Waals surface area contributed by atoms with Crippen molar-refractivity contribution in [1.29, 1.82) is 0 Å². The van der Waals surface area contributed by atoms with Crippen molar-refractivity contribution in [3.8, 4) is 0 Å². The molecule has 0 spiro atoms. The summed E-state index contributed by atoms with van der Waals surface area (Å²) in [4.78, 5) is 13.9. The minimum Gasteiger partial charge on any atom is -0.389 e. The Labute approximate surface area is 104 Å². The van der Waals surface area contributed by atoms with Crippen LogP contribution in [0.4, 0.5) is 0 Å². The fourth-order valence-electron chi connectivity index (χ4n) is 2.31. The molecule has 0 aliphatic carbocycles. The SMILES string of the molecule is CCN(CC(C)(C)O)C(=O)CC1CCNCC1.